The van der Waals surface area contributed by atoms with Crippen molar-refractivity contribution in [3.8, 4) is 0 Å². The maximum atomic E-state index is 11.3. The number of nitrogens with one attached hydrogen (secondary N) is 2. The van der Waals surface area contributed by atoms with E-state index in [-0.39, 0.29) is 16.7 Å². The van der Waals surface area contributed by atoms with Gasteiger partial charge in [0.05, 0.1) is 11.5 Å². The van der Waals surface area contributed by atoms with Gasteiger partial charge >= 0.3 is 5.69 Å². The van der Waals surface area contributed by atoms with Gasteiger partial charge in [-0.1, -0.05) is 6.07 Å². The number of hydrogen-bond donors (Lipinski definition) is 2. The Morgan fingerprint density at radius 1 is 1.38 bits per heavy atom. The zero-order chi connectivity index (χ0) is 15.2. The van der Waals surface area contributed by atoms with Crippen LogP contribution in [-0.2, 0) is 6.54 Å². The first-order chi connectivity index (χ1) is 10.1. The summed E-state index contributed by atoms with van der Waals surface area (Å²) in [7, 11) is 0. The van der Waals surface area contributed by atoms with Gasteiger partial charge in [0.1, 0.15) is 11.4 Å². The molecule has 7 nitrogen and oxygen atoms in total. The smallest absolute Gasteiger partial charge is 0.315 e. The van der Waals surface area contributed by atoms with Crippen LogP contribution < -0.4 is 10.6 Å². The summed E-state index contributed by atoms with van der Waals surface area (Å²) in [5.74, 6) is 0. The molecule has 0 bridgehead atoms. The number of benzene rings is 1. The van der Waals surface area contributed by atoms with Gasteiger partial charge in [-0.15, -0.1) is 0 Å². The maximum absolute atomic E-state index is 11.3. The van der Waals surface area contributed by atoms with Crippen molar-refractivity contribution in [1.82, 2.24) is 9.78 Å². The third-order valence-electron chi connectivity index (χ3n) is 3.01. The first-order valence-corrected chi connectivity index (χ1v) is 6.87. The van der Waals surface area contributed by atoms with Crippen LogP contribution in [0, 0.1) is 10.1 Å². The van der Waals surface area contributed by atoms with Crippen LogP contribution in [0.5, 0.6) is 0 Å². The van der Waals surface area contributed by atoms with Gasteiger partial charge in [0, 0.05) is 25.0 Å². The maximum Gasteiger partial charge on any atom is 0.315 e. The lowest BCUT2D eigenvalue weighted by molar-refractivity contribution is -0.383. The number of rotatable bonds is 7. The van der Waals surface area contributed by atoms with Crippen molar-refractivity contribution in [3.05, 3.63) is 46.8 Å². The van der Waals surface area contributed by atoms with Crippen molar-refractivity contribution in [3.63, 3.8) is 0 Å². The lowest BCUT2D eigenvalue weighted by Crippen LogP contribution is -2.23. The zero-order valence-electron chi connectivity index (χ0n) is 12.1. The molecule has 1 aromatic heterocycles. The molecule has 1 atom stereocenters. The second kappa shape index (κ2) is 6.74. The van der Waals surface area contributed by atoms with Crippen molar-refractivity contribution in [2.24, 2.45) is 0 Å². The molecule has 21 heavy (non-hydrogen) atoms. The fraction of sp³-hybridized carbons (Fsp3) is 0.357. The van der Waals surface area contributed by atoms with E-state index in [1.807, 2.05) is 26.1 Å². The van der Waals surface area contributed by atoms with E-state index >= 15 is 0 Å². The molecule has 112 valence electrons. The Bertz CT molecular complexity index is 597. The first-order valence-electron chi connectivity index (χ1n) is 6.87. The van der Waals surface area contributed by atoms with Gasteiger partial charge < -0.3 is 10.6 Å². The summed E-state index contributed by atoms with van der Waals surface area (Å²) < 4.78 is 1.79. The largest absolute Gasteiger partial charge is 0.380 e. The Morgan fingerprint density at radius 2 is 2.14 bits per heavy atom. The molecule has 0 fully saturated rings. The molecule has 0 spiro atoms. The van der Waals surface area contributed by atoms with E-state index in [1.54, 1.807) is 29.1 Å². The molecule has 2 N–H and O–H groups in total. The highest BCUT2D eigenvalue weighted by Gasteiger charge is 2.20. The third-order valence-corrected chi connectivity index (χ3v) is 3.01. The van der Waals surface area contributed by atoms with Gasteiger partial charge in [-0.05, 0) is 32.0 Å². The van der Waals surface area contributed by atoms with E-state index in [0.717, 1.165) is 0 Å². The monoisotopic (exact) mass is 289 g/mol. The van der Waals surface area contributed by atoms with Gasteiger partial charge in [0.25, 0.3) is 0 Å². The molecule has 1 aromatic carbocycles. The summed E-state index contributed by atoms with van der Waals surface area (Å²) >= 11 is 0. The molecule has 2 rings (SSSR count). The van der Waals surface area contributed by atoms with E-state index in [4.69, 9.17) is 0 Å². The fourth-order valence-corrected chi connectivity index (χ4v) is 2.19. The van der Waals surface area contributed by atoms with Crippen molar-refractivity contribution < 1.29 is 4.92 Å². The average molecular weight is 289 g/mol. The topological polar surface area (TPSA) is 85.0 Å². The fourth-order valence-electron chi connectivity index (χ4n) is 2.19. The normalized spacial score (nSPS) is 11.9. The molecule has 0 radical (unpaired) electrons. The molecule has 0 saturated heterocycles. The van der Waals surface area contributed by atoms with Crippen LogP contribution in [0.4, 0.5) is 17.1 Å². The second-order valence-electron chi connectivity index (χ2n) is 4.76. The standard InChI is InChI=1S/C14H19N5O2/c1-3-15-12-6-4-7-13(14(12)19(20)21)17-11(2)10-18-9-5-8-16-18/h4-9,11,15,17H,3,10H2,1-2H3. The van der Waals surface area contributed by atoms with Crippen molar-refractivity contribution >= 4 is 17.1 Å². The molecule has 2 aromatic rings. The molecule has 1 unspecified atom stereocenters. The second-order valence-corrected chi connectivity index (χ2v) is 4.76. The van der Waals surface area contributed by atoms with Crippen LogP contribution in [0.2, 0.25) is 0 Å². The Morgan fingerprint density at radius 3 is 2.76 bits per heavy atom. The number of hydrogen-bond acceptors (Lipinski definition) is 5. The van der Waals surface area contributed by atoms with E-state index < -0.39 is 0 Å². The van der Waals surface area contributed by atoms with E-state index in [2.05, 4.69) is 15.7 Å². The van der Waals surface area contributed by atoms with Crippen molar-refractivity contribution in [1.29, 1.82) is 0 Å². The number of nitro groups is 1. The van der Waals surface area contributed by atoms with Crippen LogP contribution in [0.1, 0.15) is 13.8 Å². The SMILES string of the molecule is CCNc1cccc(NC(C)Cn2cccn2)c1[N+](=O)[O-]. The van der Waals surface area contributed by atoms with Gasteiger partial charge in [-0.3, -0.25) is 14.8 Å². The lowest BCUT2D eigenvalue weighted by Gasteiger charge is -2.16. The predicted octanol–water partition coefficient (Wildman–Crippen LogP) is 2.72. The average Bonchev–Trinajstić information content (AvgIpc) is 2.91. The number of para-hydroxylation sites is 1. The lowest BCUT2D eigenvalue weighted by atomic mass is 10.2. The Balaban J connectivity index is 2.18. The minimum absolute atomic E-state index is 0.0143. The highest BCUT2D eigenvalue weighted by atomic mass is 16.6. The molecule has 1 heterocycles. The van der Waals surface area contributed by atoms with Crippen molar-refractivity contribution in [2.75, 3.05) is 17.2 Å². The van der Waals surface area contributed by atoms with E-state index in [1.165, 1.54) is 0 Å². The van der Waals surface area contributed by atoms with E-state index in [0.29, 0.717) is 24.5 Å². The number of nitro benzene ring substituents is 1. The summed E-state index contributed by atoms with van der Waals surface area (Å²) in [6.07, 6.45) is 3.57. The summed E-state index contributed by atoms with van der Waals surface area (Å²) in [5, 5.41) is 21.7. The van der Waals surface area contributed by atoms with Crippen molar-refractivity contribution in [2.45, 2.75) is 26.4 Å². The summed E-state index contributed by atoms with van der Waals surface area (Å²) in [6, 6.07) is 7.10. The van der Waals surface area contributed by atoms with Gasteiger partial charge in [0.15, 0.2) is 0 Å². The van der Waals surface area contributed by atoms with Gasteiger partial charge in [-0.2, -0.15) is 5.10 Å². The molecule has 7 heteroatoms. The minimum Gasteiger partial charge on any atom is -0.380 e. The van der Waals surface area contributed by atoms with Crippen LogP contribution in [0.25, 0.3) is 0 Å². The Labute approximate surface area is 123 Å². The predicted molar refractivity (Wildman–Crippen MR) is 82.6 cm³/mol. The summed E-state index contributed by atoms with van der Waals surface area (Å²) in [6.45, 7) is 5.14. The third kappa shape index (κ3) is 3.71. The van der Waals surface area contributed by atoms with Crippen LogP contribution in [-0.4, -0.2) is 27.3 Å². The Kier molecular flexibility index (Phi) is 4.76. The quantitative estimate of drug-likeness (QED) is 0.604. The minimum atomic E-state index is -0.360. The van der Waals surface area contributed by atoms with Crippen LogP contribution in [0.3, 0.4) is 0 Å². The van der Waals surface area contributed by atoms with E-state index in [9.17, 15) is 10.1 Å². The molecule has 0 aliphatic heterocycles. The highest BCUT2D eigenvalue weighted by molar-refractivity contribution is 5.76. The number of aromatic nitrogens is 2. The molecular formula is C14H19N5O2. The summed E-state index contributed by atoms with van der Waals surface area (Å²) in [5.41, 5.74) is 1.11. The van der Waals surface area contributed by atoms with Crippen LogP contribution in [0.15, 0.2) is 36.7 Å². The first kappa shape index (κ1) is 14.8. The highest BCUT2D eigenvalue weighted by Crippen LogP contribution is 2.33. The molecular weight excluding hydrogens is 270 g/mol. The molecule has 0 aliphatic carbocycles. The Hall–Kier alpha value is -2.57. The number of nitrogens with zero attached hydrogens (tertiary/aromatic N) is 3. The molecule has 0 aliphatic rings. The van der Waals surface area contributed by atoms with Gasteiger partial charge in [-0.25, -0.2) is 0 Å². The van der Waals surface area contributed by atoms with Crippen LogP contribution >= 0.6 is 0 Å². The number of anilines is 2. The van der Waals surface area contributed by atoms with Gasteiger partial charge in [0.2, 0.25) is 0 Å². The molecule has 0 amide bonds. The summed E-state index contributed by atoms with van der Waals surface area (Å²) in [4.78, 5) is 11.0. The zero-order valence-corrected chi connectivity index (χ0v) is 12.1. The molecule has 0 saturated carbocycles.